The highest BCUT2D eigenvalue weighted by Gasteiger charge is 2.10. The van der Waals surface area contributed by atoms with Gasteiger partial charge in [0.2, 0.25) is 5.91 Å². The average Bonchev–Trinajstić information content (AvgIpc) is 2.82. The van der Waals surface area contributed by atoms with Crippen molar-refractivity contribution in [2.24, 2.45) is 0 Å². The molecule has 2 amide bonds. The van der Waals surface area contributed by atoms with Crippen LogP contribution in [0.1, 0.15) is 34.8 Å². The van der Waals surface area contributed by atoms with Crippen LogP contribution in [0.3, 0.4) is 0 Å². The van der Waals surface area contributed by atoms with Gasteiger partial charge < -0.3 is 20.1 Å². The van der Waals surface area contributed by atoms with E-state index in [9.17, 15) is 14.4 Å². The number of amides is 2. The molecular formula is C26H25BrN2O5. The van der Waals surface area contributed by atoms with Gasteiger partial charge in [-0.05, 0) is 73.0 Å². The minimum Gasteiger partial charge on any atom is -0.434 e. The second-order valence-electron chi connectivity index (χ2n) is 7.37. The lowest BCUT2D eigenvalue weighted by molar-refractivity contribution is -0.121. The molecule has 0 aliphatic heterocycles. The van der Waals surface area contributed by atoms with Gasteiger partial charge in [0.05, 0.1) is 6.61 Å². The number of rotatable bonds is 9. The Labute approximate surface area is 206 Å². The quantitative estimate of drug-likeness (QED) is 0.285. The van der Waals surface area contributed by atoms with Crippen LogP contribution in [0.15, 0.2) is 77.3 Å². The van der Waals surface area contributed by atoms with Crippen LogP contribution < -0.4 is 15.4 Å². The summed E-state index contributed by atoms with van der Waals surface area (Å²) in [6.45, 7) is 2.26. The van der Waals surface area contributed by atoms with Gasteiger partial charge in [-0.15, -0.1) is 0 Å². The number of carbonyl (C=O) groups excluding carboxylic acids is 3. The van der Waals surface area contributed by atoms with E-state index in [1.807, 2.05) is 42.5 Å². The molecule has 3 aromatic carbocycles. The smallest absolute Gasteiger partial charge is 0.434 e. The third-order valence-electron chi connectivity index (χ3n) is 4.78. The molecule has 0 bridgehead atoms. The molecule has 0 saturated heterocycles. The second kappa shape index (κ2) is 12.6. The van der Waals surface area contributed by atoms with E-state index < -0.39 is 6.16 Å². The number of anilines is 1. The van der Waals surface area contributed by atoms with Crippen LogP contribution in [0, 0.1) is 0 Å². The molecule has 8 heteroatoms. The Hall–Kier alpha value is -3.65. The third-order valence-corrected chi connectivity index (χ3v) is 5.28. The van der Waals surface area contributed by atoms with Gasteiger partial charge in [-0.25, -0.2) is 4.79 Å². The molecule has 34 heavy (non-hydrogen) atoms. The Morgan fingerprint density at radius 1 is 0.912 bits per heavy atom. The first-order valence-corrected chi connectivity index (χ1v) is 11.6. The Kier molecular flexibility index (Phi) is 9.22. The van der Waals surface area contributed by atoms with Crippen molar-refractivity contribution in [1.29, 1.82) is 0 Å². The molecule has 0 heterocycles. The van der Waals surface area contributed by atoms with Gasteiger partial charge in [-0.3, -0.25) is 9.59 Å². The fourth-order valence-electron chi connectivity index (χ4n) is 3.12. The van der Waals surface area contributed by atoms with Gasteiger partial charge in [-0.1, -0.05) is 40.2 Å². The van der Waals surface area contributed by atoms with Gasteiger partial charge in [0.1, 0.15) is 5.75 Å². The van der Waals surface area contributed by atoms with Gasteiger partial charge in [-0.2, -0.15) is 0 Å². The Balaban J connectivity index is 1.49. The van der Waals surface area contributed by atoms with E-state index in [1.165, 1.54) is 12.1 Å². The number of hydrogen-bond donors (Lipinski definition) is 2. The topological polar surface area (TPSA) is 93.7 Å². The van der Waals surface area contributed by atoms with Crippen LogP contribution in [0.5, 0.6) is 5.75 Å². The first-order valence-electron chi connectivity index (χ1n) is 10.8. The minimum atomic E-state index is -0.795. The number of halogens is 1. The zero-order valence-corrected chi connectivity index (χ0v) is 20.3. The maximum Gasteiger partial charge on any atom is 0.513 e. The number of aryl methyl sites for hydroxylation is 1. The van der Waals surface area contributed by atoms with Crippen molar-refractivity contribution in [2.75, 3.05) is 11.9 Å². The molecule has 176 valence electrons. The summed E-state index contributed by atoms with van der Waals surface area (Å²) in [6, 6.07) is 21.3. The van der Waals surface area contributed by atoms with E-state index >= 15 is 0 Å². The molecule has 0 aliphatic rings. The van der Waals surface area contributed by atoms with Crippen LogP contribution in [-0.2, 0) is 22.5 Å². The summed E-state index contributed by atoms with van der Waals surface area (Å²) < 4.78 is 10.7. The van der Waals surface area contributed by atoms with E-state index in [1.54, 1.807) is 25.1 Å². The molecule has 0 saturated carbocycles. The van der Waals surface area contributed by atoms with Gasteiger partial charge in [0.15, 0.2) is 0 Å². The van der Waals surface area contributed by atoms with Gasteiger partial charge >= 0.3 is 6.16 Å². The number of carbonyl (C=O) groups is 3. The molecule has 0 fully saturated rings. The van der Waals surface area contributed by atoms with Crippen molar-refractivity contribution in [2.45, 2.75) is 26.3 Å². The van der Waals surface area contributed by atoms with Crippen LogP contribution in [0.4, 0.5) is 10.5 Å². The van der Waals surface area contributed by atoms with Crippen molar-refractivity contribution in [1.82, 2.24) is 5.32 Å². The lowest BCUT2D eigenvalue weighted by atomic mass is 10.1. The number of hydrogen-bond acceptors (Lipinski definition) is 5. The largest absolute Gasteiger partial charge is 0.513 e. The summed E-state index contributed by atoms with van der Waals surface area (Å²) in [7, 11) is 0. The summed E-state index contributed by atoms with van der Waals surface area (Å²) in [4.78, 5) is 36.1. The molecule has 0 aromatic heterocycles. The Morgan fingerprint density at radius 2 is 1.65 bits per heavy atom. The second-order valence-corrected chi connectivity index (χ2v) is 8.29. The van der Waals surface area contributed by atoms with Crippen molar-refractivity contribution >= 4 is 39.6 Å². The lowest BCUT2D eigenvalue weighted by Gasteiger charge is -2.10. The standard InChI is InChI=1S/C26H25BrN2O5/c1-2-33-26(32)34-23-12-10-20(11-13-23)25(31)29-22-8-4-6-19(16-22)17-28-24(30)14-9-18-5-3-7-21(27)15-18/h3-8,10-13,15-16H,2,9,14,17H2,1H3,(H,28,30)(H,29,31). The van der Waals surface area contributed by atoms with Crippen LogP contribution >= 0.6 is 15.9 Å². The molecule has 7 nitrogen and oxygen atoms in total. The fraction of sp³-hybridized carbons (Fsp3) is 0.192. The summed E-state index contributed by atoms with van der Waals surface area (Å²) in [5.74, 6) is -0.0647. The molecule has 3 rings (SSSR count). The third kappa shape index (κ3) is 8.04. The SMILES string of the molecule is CCOC(=O)Oc1ccc(C(=O)Nc2cccc(CNC(=O)CCc3cccc(Br)c3)c2)cc1. The van der Waals surface area contributed by atoms with Crippen molar-refractivity contribution < 1.29 is 23.9 Å². The highest BCUT2D eigenvalue weighted by molar-refractivity contribution is 9.10. The lowest BCUT2D eigenvalue weighted by Crippen LogP contribution is -2.23. The summed E-state index contributed by atoms with van der Waals surface area (Å²) in [5, 5.41) is 5.74. The molecular weight excluding hydrogens is 500 g/mol. The molecule has 2 N–H and O–H groups in total. The number of nitrogens with one attached hydrogen (secondary N) is 2. The van der Waals surface area contributed by atoms with Crippen LogP contribution in [-0.4, -0.2) is 24.6 Å². The van der Waals surface area contributed by atoms with E-state index in [-0.39, 0.29) is 24.2 Å². The van der Waals surface area contributed by atoms with Crippen molar-refractivity contribution in [3.8, 4) is 5.75 Å². The fourth-order valence-corrected chi connectivity index (χ4v) is 3.57. The normalized spacial score (nSPS) is 10.3. The molecule has 0 atom stereocenters. The molecule has 3 aromatic rings. The van der Waals surface area contributed by atoms with Gasteiger partial charge in [0.25, 0.3) is 5.91 Å². The maximum atomic E-state index is 12.6. The highest BCUT2D eigenvalue weighted by atomic mass is 79.9. The van der Waals surface area contributed by atoms with Crippen molar-refractivity contribution in [3.05, 3.63) is 94.0 Å². The van der Waals surface area contributed by atoms with E-state index in [4.69, 9.17) is 9.47 Å². The Morgan fingerprint density at radius 3 is 2.38 bits per heavy atom. The van der Waals surface area contributed by atoms with Crippen LogP contribution in [0.25, 0.3) is 0 Å². The molecule has 0 radical (unpaired) electrons. The van der Waals surface area contributed by atoms with E-state index in [0.717, 1.165) is 15.6 Å². The van der Waals surface area contributed by atoms with Gasteiger partial charge in [0, 0.05) is 28.7 Å². The number of ether oxygens (including phenoxy) is 2. The number of benzene rings is 3. The van der Waals surface area contributed by atoms with E-state index in [2.05, 4.69) is 26.6 Å². The average molecular weight is 525 g/mol. The zero-order chi connectivity index (χ0) is 24.3. The highest BCUT2D eigenvalue weighted by Crippen LogP contribution is 2.16. The predicted octanol–water partition coefficient (Wildman–Crippen LogP) is 5.49. The first-order chi connectivity index (χ1) is 16.4. The maximum absolute atomic E-state index is 12.6. The Bertz CT molecular complexity index is 1150. The predicted molar refractivity (Wildman–Crippen MR) is 133 cm³/mol. The minimum absolute atomic E-state index is 0.0421. The monoisotopic (exact) mass is 524 g/mol. The molecule has 0 spiro atoms. The summed E-state index contributed by atoms with van der Waals surface area (Å²) >= 11 is 3.43. The van der Waals surface area contributed by atoms with Crippen LogP contribution in [0.2, 0.25) is 0 Å². The molecule has 0 aliphatic carbocycles. The summed E-state index contributed by atoms with van der Waals surface area (Å²) in [5.41, 5.74) is 2.97. The molecule has 0 unspecified atom stereocenters. The first kappa shape index (κ1) is 25.0. The van der Waals surface area contributed by atoms with Crippen molar-refractivity contribution in [3.63, 3.8) is 0 Å². The zero-order valence-electron chi connectivity index (χ0n) is 18.7. The van der Waals surface area contributed by atoms with E-state index in [0.29, 0.717) is 30.6 Å². The summed E-state index contributed by atoms with van der Waals surface area (Å²) in [6.07, 6.45) is 0.255.